The molecule has 0 radical (unpaired) electrons. The van der Waals surface area contributed by atoms with Crippen molar-refractivity contribution < 1.29 is 18.3 Å². The van der Waals surface area contributed by atoms with Crippen LogP contribution in [0.2, 0.25) is 0 Å². The molecule has 2 saturated carbocycles. The van der Waals surface area contributed by atoms with E-state index in [-0.39, 0.29) is 11.7 Å². The van der Waals surface area contributed by atoms with E-state index in [1.54, 1.807) is 6.07 Å². The van der Waals surface area contributed by atoms with Gasteiger partial charge in [-0.3, -0.25) is 4.79 Å². The van der Waals surface area contributed by atoms with Crippen molar-refractivity contribution in [1.29, 1.82) is 0 Å². The van der Waals surface area contributed by atoms with E-state index in [0.717, 1.165) is 38.0 Å². The van der Waals surface area contributed by atoms with E-state index in [4.69, 9.17) is 4.74 Å². The molecule has 0 amide bonds. The predicted molar refractivity (Wildman–Crippen MR) is 139 cm³/mol. The highest BCUT2D eigenvalue weighted by Gasteiger charge is 2.29. The van der Waals surface area contributed by atoms with Crippen molar-refractivity contribution in [3.05, 3.63) is 29.3 Å². The van der Waals surface area contributed by atoms with E-state index in [9.17, 15) is 13.6 Å². The molecule has 0 saturated heterocycles. The molecule has 0 unspecified atom stereocenters. The Labute approximate surface area is 212 Å². The third kappa shape index (κ3) is 8.86. The molecule has 1 aromatic rings. The van der Waals surface area contributed by atoms with Gasteiger partial charge < -0.3 is 4.74 Å². The lowest BCUT2D eigenvalue weighted by Gasteiger charge is -2.28. The Morgan fingerprint density at radius 1 is 0.743 bits per heavy atom. The zero-order valence-electron chi connectivity index (χ0n) is 22.3. The molecule has 4 heteroatoms. The van der Waals surface area contributed by atoms with Gasteiger partial charge in [-0.25, -0.2) is 4.39 Å². The average molecular weight is 491 g/mol. The van der Waals surface area contributed by atoms with Gasteiger partial charge >= 0.3 is 5.97 Å². The molecule has 35 heavy (non-hydrogen) atoms. The van der Waals surface area contributed by atoms with E-state index in [1.165, 1.54) is 83.1 Å². The summed E-state index contributed by atoms with van der Waals surface area (Å²) in [5, 5.41) is 0. The van der Waals surface area contributed by atoms with Crippen LogP contribution in [0.25, 0.3) is 0 Å². The number of benzene rings is 1. The average Bonchev–Trinajstić information content (AvgIpc) is 2.88. The standard InChI is InChI=1S/C31H48F2O2/c1-3-5-7-9-23-11-13-25(14-12-23)15-18-26-21-22-28(30(33)29(26)32)35-31(34)27-19-16-24(17-20-27)10-8-6-4-2/h21-25,27H,3-20H2,1-2H3/t23-,24?,25-,27?. The van der Waals surface area contributed by atoms with Gasteiger partial charge in [0.05, 0.1) is 5.92 Å². The highest BCUT2D eigenvalue weighted by molar-refractivity contribution is 5.75. The van der Waals surface area contributed by atoms with Gasteiger partial charge in [0.15, 0.2) is 11.6 Å². The van der Waals surface area contributed by atoms with Crippen molar-refractivity contribution in [3.63, 3.8) is 0 Å². The molecule has 0 spiro atoms. The Bertz CT molecular complexity index is 761. The van der Waals surface area contributed by atoms with E-state index >= 15 is 0 Å². The van der Waals surface area contributed by atoms with Crippen LogP contribution in [-0.2, 0) is 11.2 Å². The van der Waals surface area contributed by atoms with Gasteiger partial charge in [-0.15, -0.1) is 0 Å². The fourth-order valence-electron chi connectivity index (χ4n) is 6.26. The lowest BCUT2D eigenvalue weighted by atomic mass is 9.78. The number of rotatable bonds is 13. The number of hydrogen-bond donors (Lipinski definition) is 0. The highest BCUT2D eigenvalue weighted by Crippen LogP contribution is 2.36. The van der Waals surface area contributed by atoms with Gasteiger partial charge in [-0.2, -0.15) is 4.39 Å². The van der Waals surface area contributed by atoms with Gasteiger partial charge in [0.1, 0.15) is 0 Å². The second kappa shape index (κ2) is 15.0. The van der Waals surface area contributed by atoms with Crippen LogP contribution < -0.4 is 4.74 Å². The van der Waals surface area contributed by atoms with Gasteiger partial charge in [0.2, 0.25) is 5.82 Å². The number of halogens is 2. The van der Waals surface area contributed by atoms with Crippen LogP contribution in [-0.4, -0.2) is 5.97 Å². The van der Waals surface area contributed by atoms with Crippen LogP contribution in [0.15, 0.2) is 12.1 Å². The molecule has 0 N–H and O–H groups in total. The van der Waals surface area contributed by atoms with Crippen LogP contribution in [0.5, 0.6) is 5.75 Å². The van der Waals surface area contributed by atoms with Crippen LogP contribution in [0.1, 0.15) is 129 Å². The smallest absolute Gasteiger partial charge is 0.314 e. The van der Waals surface area contributed by atoms with Crippen LogP contribution in [0.3, 0.4) is 0 Å². The van der Waals surface area contributed by atoms with Crippen LogP contribution in [0.4, 0.5) is 8.78 Å². The number of ether oxygens (including phenoxy) is 1. The Morgan fingerprint density at radius 2 is 1.26 bits per heavy atom. The second-order valence-electron chi connectivity index (χ2n) is 11.4. The lowest BCUT2D eigenvalue weighted by Crippen LogP contribution is -2.26. The summed E-state index contributed by atoms with van der Waals surface area (Å²) in [6.45, 7) is 4.46. The van der Waals surface area contributed by atoms with Crippen molar-refractivity contribution in [3.8, 4) is 5.75 Å². The van der Waals surface area contributed by atoms with Crippen molar-refractivity contribution >= 4 is 5.97 Å². The Hall–Kier alpha value is -1.45. The first-order valence-electron chi connectivity index (χ1n) is 14.7. The molecule has 0 heterocycles. The molecule has 3 rings (SSSR count). The summed E-state index contributed by atoms with van der Waals surface area (Å²) in [4.78, 5) is 12.6. The number of carbonyl (C=O) groups excluding carboxylic acids is 1. The van der Waals surface area contributed by atoms with Crippen LogP contribution in [0, 0.1) is 35.3 Å². The first-order chi connectivity index (χ1) is 17.0. The fourth-order valence-corrected chi connectivity index (χ4v) is 6.26. The molecule has 2 fully saturated rings. The SMILES string of the molecule is CCCCCC1CCC(C(=O)Oc2ccc(CC[C@H]3CC[C@H](CCCCC)CC3)c(F)c2F)CC1. The molecular weight excluding hydrogens is 442 g/mol. The van der Waals surface area contributed by atoms with Gasteiger partial charge in [-0.1, -0.05) is 97.0 Å². The van der Waals surface area contributed by atoms with Gasteiger partial charge in [-0.05, 0) is 67.9 Å². The van der Waals surface area contributed by atoms with Gasteiger partial charge in [0.25, 0.3) is 0 Å². The monoisotopic (exact) mass is 490 g/mol. The molecule has 0 atom stereocenters. The minimum absolute atomic E-state index is 0.198. The number of carbonyl (C=O) groups is 1. The molecule has 198 valence electrons. The number of hydrogen-bond acceptors (Lipinski definition) is 2. The molecule has 0 bridgehead atoms. The number of aryl methyl sites for hydroxylation is 1. The molecule has 1 aromatic carbocycles. The summed E-state index contributed by atoms with van der Waals surface area (Å²) in [5.41, 5.74) is 0.403. The largest absolute Gasteiger partial charge is 0.423 e. The maximum Gasteiger partial charge on any atom is 0.314 e. The molecule has 2 aliphatic carbocycles. The summed E-state index contributed by atoms with van der Waals surface area (Å²) < 4.78 is 34.9. The number of esters is 1. The zero-order valence-corrected chi connectivity index (χ0v) is 22.3. The maximum absolute atomic E-state index is 14.8. The summed E-state index contributed by atoms with van der Waals surface area (Å²) in [6.07, 6.45) is 20.3. The van der Waals surface area contributed by atoms with E-state index in [2.05, 4.69) is 13.8 Å². The predicted octanol–water partition coefficient (Wildman–Crippen LogP) is 9.58. The summed E-state index contributed by atoms with van der Waals surface area (Å²) in [5.74, 6) is -0.557. The minimum atomic E-state index is -1.01. The van der Waals surface area contributed by atoms with Crippen molar-refractivity contribution in [1.82, 2.24) is 0 Å². The Morgan fingerprint density at radius 3 is 1.80 bits per heavy atom. The van der Waals surface area contributed by atoms with E-state index in [1.807, 2.05) is 0 Å². The summed E-state index contributed by atoms with van der Waals surface area (Å²) >= 11 is 0. The quantitative estimate of drug-likeness (QED) is 0.156. The van der Waals surface area contributed by atoms with Crippen molar-refractivity contribution in [2.24, 2.45) is 23.7 Å². The molecule has 0 aromatic heterocycles. The second-order valence-corrected chi connectivity index (χ2v) is 11.4. The zero-order chi connectivity index (χ0) is 25.0. The Kier molecular flexibility index (Phi) is 12.0. The topological polar surface area (TPSA) is 26.3 Å². The fraction of sp³-hybridized carbons (Fsp3) is 0.774. The molecule has 0 aliphatic heterocycles. The van der Waals surface area contributed by atoms with Crippen LogP contribution >= 0.6 is 0 Å². The maximum atomic E-state index is 14.8. The summed E-state index contributed by atoms with van der Waals surface area (Å²) in [7, 11) is 0. The van der Waals surface area contributed by atoms with Crippen molar-refractivity contribution in [2.75, 3.05) is 0 Å². The minimum Gasteiger partial charge on any atom is -0.423 e. The first kappa shape index (κ1) is 28.1. The first-order valence-corrected chi connectivity index (χ1v) is 14.7. The third-order valence-corrected chi connectivity index (χ3v) is 8.74. The molecule has 2 nitrogen and oxygen atoms in total. The third-order valence-electron chi connectivity index (χ3n) is 8.74. The molecular formula is C31H48F2O2. The van der Waals surface area contributed by atoms with Crippen molar-refractivity contribution in [2.45, 2.75) is 129 Å². The van der Waals surface area contributed by atoms with Gasteiger partial charge in [0, 0.05) is 0 Å². The van der Waals surface area contributed by atoms with E-state index < -0.39 is 17.6 Å². The number of unbranched alkanes of at least 4 members (excludes halogenated alkanes) is 4. The Balaban J connectivity index is 1.42. The highest BCUT2D eigenvalue weighted by atomic mass is 19.2. The van der Waals surface area contributed by atoms with E-state index in [0.29, 0.717) is 23.8 Å². The lowest BCUT2D eigenvalue weighted by molar-refractivity contribution is -0.140. The molecule has 2 aliphatic rings. The summed E-state index contributed by atoms with van der Waals surface area (Å²) in [6, 6.07) is 3.06. The normalized spacial score (nSPS) is 24.9.